The predicted octanol–water partition coefficient (Wildman–Crippen LogP) is 1.82. The zero-order valence-corrected chi connectivity index (χ0v) is 11.8. The molecule has 21 heavy (non-hydrogen) atoms. The van der Waals surface area contributed by atoms with Crippen LogP contribution >= 0.6 is 11.6 Å². The van der Waals surface area contributed by atoms with Gasteiger partial charge in [-0.05, 0) is 6.07 Å². The summed E-state index contributed by atoms with van der Waals surface area (Å²) in [6, 6.07) is 4.14. The second kappa shape index (κ2) is 6.53. The van der Waals surface area contributed by atoms with Crippen LogP contribution in [0.15, 0.2) is 18.2 Å². The SMILES string of the molecule is O=C1CCN(C(=O)COc2c(Cl)cccc2[N+](=O)[O-])CC1. The highest BCUT2D eigenvalue weighted by Gasteiger charge is 2.23. The lowest BCUT2D eigenvalue weighted by molar-refractivity contribution is -0.385. The van der Waals surface area contributed by atoms with Crippen molar-refractivity contribution in [2.45, 2.75) is 12.8 Å². The lowest BCUT2D eigenvalue weighted by Crippen LogP contribution is -2.41. The predicted molar refractivity (Wildman–Crippen MR) is 74.4 cm³/mol. The van der Waals surface area contributed by atoms with Crippen LogP contribution in [0.3, 0.4) is 0 Å². The molecule has 1 saturated heterocycles. The number of nitrogens with zero attached hydrogens (tertiary/aromatic N) is 2. The van der Waals surface area contributed by atoms with Crippen LogP contribution in [0.2, 0.25) is 5.02 Å². The summed E-state index contributed by atoms with van der Waals surface area (Å²) < 4.78 is 5.22. The minimum atomic E-state index is -0.620. The van der Waals surface area contributed by atoms with Crippen LogP contribution in [0.1, 0.15) is 12.8 Å². The van der Waals surface area contributed by atoms with Gasteiger partial charge in [-0.1, -0.05) is 17.7 Å². The van der Waals surface area contributed by atoms with Crippen molar-refractivity contribution in [1.82, 2.24) is 4.90 Å². The Balaban J connectivity index is 2.01. The van der Waals surface area contributed by atoms with Crippen molar-refractivity contribution in [2.75, 3.05) is 19.7 Å². The van der Waals surface area contributed by atoms with Crippen molar-refractivity contribution in [1.29, 1.82) is 0 Å². The smallest absolute Gasteiger partial charge is 0.312 e. The molecule has 1 aliphatic heterocycles. The molecule has 0 N–H and O–H groups in total. The Labute approximate surface area is 125 Å². The number of likely N-dealkylation sites (tertiary alicyclic amines) is 1. The molecule has 0 saturated carbocycles. The van der Waals surface area contributed by atoms with Gasteiger partial charge in [0.25, 0.3) is 5.91 Å². The fourth-order valence-electron chi connectivity index (χ4n) is 2.01. The van der Waals surface area contributed by atoms with E-state index in [1.807, 2.05) is 0 Å². The molecule has 0 bridgehead atoms. The molecule has 1 fully saturated rings. The first-order valence-corrected chi connectivity index (χ1v) is 6.72. The zero-order chi connectivity index (χ0) is 15.4. The molecule has 0 aromatic heterocycles. The van der Waals surface area contributed by atoms with E-state index in [0.29, 0.717) is 25.9 Å². The molecule has 1 aliphatic rings. The molecule has 2 rings (SSSR count). The quantitative estimate of drug-likeness (QED) is 0.625. The Morgan fingerprint density at radius 2 is 2.05 bits per heavy atom. The van der Waals surface area contributed by atoms with Gasteiger partial charge in [0.15, 0.2) is 6.61 Å². The minimum absolute atomic E-state index is 0.0748. The van der Waals surface area contributed by atoms with Gasteiger partial charge in [0.05, 0.1) is 9.95 Å². The summed E-state index contributed by atoms with van der Waals surface area (Å²) in [6.45, 7) is 0.357. The van der Waals surface area contributed by atoms with Crippen LogP contribution in [0, 0.1) is 10.1 Å². The maximum Gasteiger partial charge on any atom is 0.312 e. The highest BCUT2D eigenvalue weighted by molar-refractivity contribution is 6.32. The van der Waals surface area contributed by atoms with Gasteiger partial charge in [0.1, 0.15) is 5.78 Å². The van der Waals surface area contributed by atoms with Crippen LogP contribution in [-0.4, -0.2) is 41.2 Å². The van der Waals surface area contributed by atoms with E-state index < -0.39 is 4.92 Å². The molecule has 1 aromatic carbocycles. The van der Waals surface area contributed by atoms with Gasteiger partial charge < -0.3 is 9.64 Å². The molecular weight excluding hydrogens is 300 g/mol. The van der Waals surface area contributed by atoms with E-state index in [9.17, 15) is 19.7 Å². The lowest BCUT2D eigenvalue weighted by Gasteiger charge is -2.25. The van der Waals surface area contributed by atoms with Gasteiger partial charge in [-0.2, -0.15) is 0 Å². The van der Waals surface area contributed by atoms with E-state index in [0.717, 1.165) is 0 Å². The van der Waals surface area contributed by atoms with Gasteiger partial charge in [-0.25, -0.2) is 0 Å². The normalized spacial score (nSPS) is 14.9. The monoisotopic (exact) mass is 312 g/mol. The number of Topliss-reactive ketones (excluding diaryl/α,β-unsaturated/α-hetero) is 1. The van der Waals surface area contributed by atoms with Crippen molar-refractivity contribution in [2.24, 2.45) is 0 Å². The third-order valence-electron chi connectivity index (χ3n) is 3.16. The topological polar surface area (TPSA) is 89.8 Å². The number of ether oxygens (including phenoxy) is 1. The molecule has 0 unspecified atom stereocenters. The fraction of sp³-hybridized carbons (Fsp3) is 0.385. The highest BCUT2D eigenvalue weighted by Crippen LogP contribution is 2.34. The largest absolute Gasteiger partial charge is 0.476 e. The second-order valence-corrected chi connectivity index (χ2v) is 4.96. The maximum atomic E-state index is 11.9. The number of hydrogen-bond donors (Lipinski definition) is 0. The first kappa shape index (κ1) is 15.2. The van der Waals surface area contributed by atoms with Crippen molar-refractivity contribution in [3.63, 3.8) is 0 Å². The lowest BCUT2D eigenvalue weighted by atomic mass is 10.1. The Kier molecular flexibility index (Phi) is 4.74. The second-order valence-electron chi connectivity index (χ2n) is 4.55. The van der Waals surface area contributed by atoms with E-state index in [-0.39, 0.29) is 34.8 Å². The van der Waals surface area contributed by atoms with Gasteiger partial charge >= 0.3 is 5.69 Å². The molecule has 1 aromatic rings. The Hall–Kier alpha value is -2.15. The molecule has 7 nitrogen and oxygen atoms in total. The average molecular weight is 313 g/mol. The summed E-state index contributed by atoms with van der Waals surface area (Å²) in [5, 5.41) is 11.0. The van der Waals surface area contributed by atoms with E-state index >= 15 is 0 Å². The molecule has 0 atom stereocenters. The highest BCUT2D eigenvalue weighted by atomic mass is 35.5. The number of nitro benzene ring substituents is 1. The van der Waals surface area contributed by atoms with E-state index in [4.69, 9.17) is 16.3 Å². The number of hydrogen-bond acceptors (Lipinski definition) is 5. The first-order valence-electron chi connectivity index (χ1n) is 6.34. The molecule has 0 aliphatic carbocycles. The molecule has 1 amide bonds. The molecule has 0 spiro atoms. The van der Waals surface area contributed by atoms with Crippen molar-refractivity contribution >= 4 is 29.0 Å². The number of ketones is 1. The number of nitro groups is 1. The molecule has 0 radical (unpaired) electrons. The third-order valence-corrected chi connectivity index (χ3v) is 3.45. The number of amides is 1. The zero-order valence-electron chi connectivity index (χ0n) is 11.1. The molecule has 8 heteroatoms. The van der Waals surface area contributed by atoms with Gasteiger partial charge in [0.2, 0.25) is 5.75 Å². The summed E-state index contributed by atoms with van der Waals surface area (Å²) in [5.74, 6) is -0.316. The number of benzene rings is 1. The summed E-state index contributed by atoms with van der Waals surface area (Å²) in [6.07, 6.45) is 0.663. The van der Waals surface area contributed by atoms with Crippen LogP contribution in [0.5, 0.6) is 5.75 Å². The van der Waals surface area contributed by atoms with Crippen LogP contribution in [-0.2, 0) is 9.59 Å². The number of carbonyl (C=O) groups excluding carboxylic acids is 2. The Bertz CT molecular complexity index is 580. The van der Waals surface area contributed by atoms with E-state index in [1.54, 1.807) is 0 Å². The van der Waals surface area contributed by atoms with Crippen LogP contribution in [0.4, 0.5) is 5.69 Å². The maximum absolute atomic E-state index is 11.9. The number of carbonyl (C=O) groups is 2. The van der Waals surface area contributed by atoms with Crippen molar-refractivity contribution in [3.8, 4) is 5.75 Å². The number of para-hydroxylation sites is 1. The first-order chi connectivity index (χ1) is 9.99. The van der Waals surface area contributed by atoms with Gasteiger partial charge in [-0.3, -0.25) is 19.7 Å². The Morgan fingerprint density at radius 3 is 2.67 bits per heavy atom. The molecular formula is C13H13ClN2O5. The number of piperidine rings is 1. The van der Waals surface area contributed by atoms with Crippen LogP contribution in [0.25, 0.3) is 0 Å². The third kappa shape index (κ3) is 3.69. The van der Waals surface area contributed by atoms with Gasteiger partial charge in [-0.15, -0.1) is 0 Å². The Morgan fingerprint density at radius 1 is 1.38 bits per heavy atom. The number of rotatable bonds is 4. The van der Waals surface area contributed by atoms with Crippen LogP contribution < -0.4 is 4.74 Å². The van der Waals surface area contributed by atoms with Gasteiger partial charge in [0, 0.05) is 32.0 Å². The number of halogens is 1. The minimum Gasteiger partial charge on any atom is -0.476 e. The summed E-state index contributed by atoms with van der Waals surface area (Å²) in [7, 11) is 0. The average Bonchev–Trinajstić information content (AvgIpc) is 2.46. The molecule has 1 heterocycles. The standard InChI is InChI=1S/C13H13ClN2O5/c14-10-2-1-3-11(16(19)20)13(10)21-8-12(18)15-6-4-9(17)5-7-15/h1-3H,4-8H2. The molecule has 112 valence electrons. The summed E-state index contributed by atoms with van der Waals surface area (Å²) in [4.78, 5) is 34.8. The van der Waals surface area contributed by atoms with E-state index in [1.165, 1.54) is 23.1 Å². The summed E-state index contributed by atoms with van der Waals surface area (Å²) >= 11 is 5.86. The fourth-order valence-corrected chi connectivity index (χ4v) is 2.24. The van der Waals surface area contributed by atoms with Crippen molar-refractivity contribution < 1.29 is 19.2 Å². The van der Waals surface area contributed by atoms with Crippen molar-refractivity contribution in [3.05, 3.63) is 33.3 Å². The van der Waals surface area contributed by atoms with E-state index in [2.05, 4.69) is 0 Å². The summed E-state index contributed by atoms with van der Waals surface area (Å²) in [5.41, 5.74) is -0.288.